The van der Waals surface area contributed by atoms with Crippen molar-refractivity contribution in [1.82, 2.24) is 10.6 Å². The molecule has 1 heterocycles. The highest BCUT2D eigenvalue weighted by molar-refractivity contribution is 6.05. The third-order valence-electron chi connectivity index (χ3n) is 4.91. The maximum Gasteiger partial charge on any atom is 0.303 e. The third kappa shape index (κ3) is 6.99. The molecule has 0 saturated carbocycles. The van der Waals surface area contributed by atoms with Gasteiger partial charge in [-0.2, -0.15) is 0 Å². The Morgan fingerprint density at radius 2 is 1.79 bits per heavy atom. The van der Waals surface area contributed by atoms with Crippen LogP contribution in [0.3, 0.4) is 0 Å². The van der Waals surface area contributed by atoms with Gasteiger partial charge in [-0.1, -0.05) is 12.5 Å². The smallest absolute Gasteiger partial charge is 0.303 e. The molecular formula is C24H26N2O7. The first-order valence-corrected chi connectivity index (χ1v) is 10.5. The number of carbonyl (C=O) groups excluding carboxylic acids is 2. The normalized spacial score (nSPS) is 12.2. The van der Waals surface area contributed by atoms with Gasteiger partial charge in [-0.15, -0.1) is 0 Å². The maximum absolute atomic E-state index is 12.8. The molecule has 33 heavy (non-hydrogen) atoms. The van der Waals surface area contributed by atoms with Gasteiger partial charge in [-0.25, -0.2) is 0 Å². The fourth-order valence-corrected chi connectivity index (χ4v) is 3.14. The van der Waals surface area contributed by atoms with Gasteiger partial charge >= 0.3 is 5.97 Å². The average Bonchev–Trinajstić information content (AvgIpc) is 3.28. The number of carbonyl (C=O) groups is 3. The first-order valence-electron chi connectivity index (χ1n) is 10.5. The lowest BCUT2D eigenvalue weighted by molar-refractivity contribution is -0.137. The van der Waals surface area contributed by atoms with E-state index in [1.807, 2.05) is 0 Å². The molecule has 0 unspecified atom stereocenters. The number of carboxylic acid groups (broad SMARTS) is 1. The molecule has 0 spiro atoms. The van der Waals surface area contributed by atoms with Crippen molar-refractivity contribution in [2.75, 3.05) is 20.4 Å². The molecule has 0 saturated heterocycles. The van der Waals surface area contributed by atoms with Crippen molar-refractivity contribution in [3.8, 4) is 17.2 Å². The number of rotatable bonds is 11. The molecule has 2 amide bonds. The summed E-state index contributed by atoms with van der Waals surface area (Å²) < 4.78 is 15.8. The minimum absolute atomic E-state index is 0.0696. The highest BCUT2D eigenvalue weighted by atomic mass is 16.7. The van der Waals surface area contributed by atoms with Gasteiger partial charge in [0.05, 0.1) is 7.11 Å². The highest BCUT2D eigenvalue weighted by Crippen LogP contribution is 2.33. The molecule has 2 aromatic carbocycles. The molecule has 3 N–H and O–H groups in total. The third-order valence-corrected chi connectivity index (χ3v) is 4.91. The summed E-state index contributed by atoms with van der Waals surface area (Å²) in [4.78, 5) is 36.2. The Morgan fingerprint density at radius 3 is 2.52 bits per heavy atom. The van der Waals surface area contributed by atoms with Gasteiger partial charge in [-0.05, 0) is 60.9 Å². The molecule has 3 rings (SSSR count). The van der Waals surface area contributed by atoms with Crippen LogP contribution in [0.5, 0.6) is 17.2 Å². The van der Waals surface area contributed by atoms with E-state index < -0.39 is 17.8 Å². The zero-order valence-corrected chi connectivity index (χ0v) is 18.3. The largest absolute Gasteiger partial charge is 0.497 e. The van der Waals surface area contributed by atoms with Crippen molar-refractivity contribution in [2.45, 2.75) is 25.7 Å². The van der Waals surface area contributed by atoms with Gasteiger partial charge in [-0.3, -0.25) is 14.4 Å². The quantitative estimate of drug-likeness (QED) is 0.352. The van der Waals surface area contributed by atoms with Crippen LogP contribution >= 0.6 is 0 Å². The lowest BCUT2D eigenvalue weighted by atomic mass is 10.1. The van der Waals surface area contributed by atoms with E-state index in [1.54, 1.807) is 48.5 Å². The van der Waals surface area contributed by atoms with Crippen LogP contribution in [0.1, 0.15) is 41.6 Å². The minimum atomic E-state index is -0.839. The van der Waals surface area contributed by atoms with Crippen LogP contribution in [0.25, 0.3) is 6.08 Å². The Labute approximate surface area is 191 Å². The van der Waals surface area contributed by atoms with E-state index in [1.165, 1.54) is 7.11 Å². The fraction of sp³-hybridized carbons (Fsp3) is 0.292. The SMILES string of the molecule is COc1ccc(C(=O)N/C(=C\c2ccc3c(c2)OCO3)C(=O)NCCCCCC(=O)O)cc1. The molecule has 1 aliphatic rings. The molecule has 0 bridgehead atoms. The van der Waals surface area contributed by atoms with Crippen molar-refractivity contribution in [3.63, 3.8) is 0 Å². The molecular weight excluding hydrogens is 428 g/mol. The number of benzene rings is 2. The standard InChI is InChI=1S/C24H26N2O7/c1-31-18-9-7-17(8-10-18)23(29)26-19(24(30)25-12-4-2-3-5-22(27)28)13-16-6-11-20-21(14-16)33-15-32-20/h6-11,13-14H,2-5,12,15H2,1H3,(H,25,30)(H,26,29)(H,27,28)/b19-13-. The Morgan fingerprint density at radius 1 is 1.03 bits per heavy atom. The van der Waals surface area contributed by atoms with Crippen LogP contribution in [-0.4, -0.2) is 43.3 Å². The Hall–Kier alpha value is -4.01. The summed E-state index contributed by atoms with van der Waals surface area (Å²) in [5.41, 5.74) is 1.09. The summed E-state index contributed by atoms with van der Waals surface area (Å²) in [5.74, 6) is 0.0526. The molecule has 0 fully saturated rings. The predicted molar refractivity (Wildman–Crippen MR) is 120 cm³/mol. The highest BCUT2D eigenvalue weighted by Gasteiger charge is 2.17. The summed E-state index contributed by atoms with van der Waals surface area (Å²) in [5, 5.41) is 14.1. The lowest BCUT2D eigenvalue weighted by Crippen LogP contribution is -2.35. The summed E-state index contributed by atoms with van der Waals surface area (Å²) in [6, 6.07) is 11.7. The van der Waals surface area contributed by atoms with Crippen LogP contribution in [0.2, 0.25) is 0 Å². The Kier molecular flexibility index (Phi) is 8.29. The second-order valence-corrected chi connectivity index (χ2v) is 7.31. The summed E-state index contributed by atoms with van der Waals surface area (Å²) in [6.07, 6.45) is 3.50. The Bertz CT molecular complexity index is 1030. The second-order valence-electron chi connectivity index (χ2n) is 7.31. The van der Waals surface area contributed by atoms with Crippen molar-refractivity contribution < 1.29 is 33.7 Å². The molecule has 0 aliphatic carbocycles. The molecule has 2 aromatic rings. The first kappa shape index (κ1) is 23.6. The van der Waals surface area contributed by atoms with E-state index in [4.69, 9.17) is 19.3 Å². The van der Waals surface area contributed by atoms with E-state index >= 15 is 0 Å². The van der Waals surface area contributed by atoms with Crippen LogP contribution in [-0.2, 0) is 9.59 Å². The predicted octanol–water partition coefficient (Wildman–Crippen LogP) is 2.96. The van der Waals surface area contributed by atoms with Gasteiger partial charge in [0.15, 0.2) is 11.5 Å². The topological polar surface area (TPSA) is 123 Å². The summed E-state index contributed by atoms with van der Waals surface area (Å²) in [7, 11) is 1.54. The van der Waals surface area contributed by atoms with Crippen LogP contribution in [0.4, 0.5) is 0 Å². The first-order chi connectivity index (χ1) is 16.0. The van der Waals surface area contributed by atoms with Crippen molar-refractivity contribution >= 4 is 23.9 Å². The van der Waals surface area contributed by atoms with Crippen molar-refractivity contribution in [1.29, 1.82) is 0 Å². The van der Waals surface area contributed by atoms with E-state index in [0.29, 0.717) is 54.2 Å². The number of ether oxygens (including phenoxy) is 3. The van der Waals surface area contributed by atoms with E-state index in [0.717, 1.165) is 0 Å². The maximum atomic E-state index is 12.8. The molecule has 9 nitrogen and oxygen atoms in total. The van der Waals surface area contributed by atoms with Crippen LogP contribution in [0.15, 0.2) is 48.2 Å². The van der Waals surface area contributed by atoms with Gasteiger partial charge in [0.1, 0.15) is 11.4 Å². The van der Waals surface area contributed by atoms with E-state index in [2.05, 4.69) is 10.6 Å². The van der Waals surface area contributed by atoms with Gasteiger partial charge < -0.3 is 30.0 Å². The molecule has 174 valence electrons. The minimum Gasteiger partial charge on any atom is -0.497 e. The van der Waals surface area contributed by atoms with Crippen LogP contribution in [0, 0.1) is 0 Å². The number of carboxylic acids is 1. The monoisotopic (exact) mass is 454 g/mol. The van der Waals surface area contributed by atoms with Crippen molar-refractivity contribution in [3.05, 3.63) is 59.3 Å². The van der Waals surface area contributed by atoms with Gasteiger partial charge in [0.25, 0.3) is 11.8 Å². The number of unbranched alkanes of at least 4 members (excludes halogenated alkanes) is 2. The number of fused-ring (bicyclic) bond motifs is 1. The zero-order chi connectivity index (χ0) is 23.6. The van der Waals surface area contributed by atoms with Crippen molar-refractivity contribution in [2.24, 2.45) is 0 Å². The number of aliphatic carboxylic acids is 1. The number of hydrogen-bond acceptors (Lipinski definition) is 6. The molecule has 1 aliphatic heterocycles. The second kappa shape index (κ2) is 11.6. The number of methoxy groups -OCH3 is 1. The van der Waals surface area contributed by atoms with Crippen LogP contribution < -0.4 is 24.8 Å². The number of hydrogen-bond donors (Lipinski definition) is 3. The summed E-state index contributed by atoms with van der Waals surface area (Å²) >= 11 is 0. The molecule has 9 heteroatoms. The number of amides is 2. The van der Waals surface area contributed by atoms with Gasteiger partial charge in [0.2, 0.25) is 6.79 Å². The van der Waals surface area contributed by atoms with E-state index in [-0.39, 0.29) is 18.9 Å². The average molecular weight is 454 g/mol. The fourth-order valence-electron chi connectivity index (χ4n) is 3.14. The molecule has 0 radical (unpaired) electrons. The molecule has 0 atom stereocenters. The summed E-state index contributed by atoms with van der Waals surface area (Å²) in [6.45, 7) is 0.487. The van der Waals surface area contributed by atoms with Gasteiger partial charge in [0, 0.05) is 18.5 Å². The zero-order valence-electron chi connectivity index (χ0n) is 18.3. The van der Waals surface area contributed by atoms with E-state index in [9.17, 15) is 14.4 Å². The lowest BCUT2D eigenvalue weighted by Gasteiger charge is -2.12. The number of nitrogens with one attached hydrogen (secondary N) is 2. The molecule has 0 aromatic heterocycles. The Balaban J connectivity index is 1.70.